The number of hydrogen-bond acceptors (Lipinski definition) is 4. The molecule has 2 rings (SSSR count). The normalized spacial score (nSPS) is 24.6. The minimum absolute atomic E-state index is 0.454. The van der Waals surface area contributed by atoms with E-state index in [2.05, 4.69) is 28.8 Å². The van der Waals surface area contributed by atoms with E-state index in [1.54, 1.807) is 12.4 Å². The zero-order valence-electron chi connectivity index (χ0n) is 10.8. The van der Waals surface area contributed by atoms with Crippen LogP contribution in [-0.4, -0.2) is 23.1 Å². The van der Waals surface area contributed by atoms with Gasteiger partial charge in [0.05, 0.1) is 5.69 Å². The van der Waals surface area contributed by atoms with E-state index < -0.39 is 0 Å². The quantitative estimate of drug-likeness (QED) is 0.868. The van der Waals surface area contributed by atoms with Crippen LogP contribution < -0.4 is 10.6 Å². The fourth-order valence-corrected chi connectivity index (χ4v) is 2.72. The van der Waals surface area contributed by atoms with Crippen LogP contribution in [0.25, 0.3) is 0 Å². The van der Waals surface area contributed by atoms with E-state index in [0.29, 0.717) is 12.6 Å². The molecule has 0 radical (unpaired) electrons. The lowest BCUT2D eigenvalue weighted by atomic mass is 9.86. The minimum Gasteiger partial charge on any atom is -0.355 e. The molecule has 1 aliphatic carbocycles. The molecule has 0 saturated heterocycles. The molecule has 2 N–H and O–H groups in total. The van der Waals surface area contributed by atoms with E-state index in [1.165, 1.54) is 25.7 Å². The molecule has 1 aromatic rings. The second kappa shape index (κ2) is 5.45. The highest BCUT2D eigenvalue weighted by Gasteiger charge is 2.24. The predicted octanol–water partition coefficient (Wildman–Crippen LogP) is 1.95. The molecule has 1 aliphatic rings. The molecule has 17 heavy (non-hydrogen) atoms. The van der Waals surface area contributed by atoms with E-state index in [4.69, 9.17) is 5.73 Å². The SMILES string of the molecule is CC1CCCC(N(C)c2nccnc2CN)C1. The van der Waals surface area contributed by atoms with Crippen LogP contribution in [0, 0.1) is 5.92 Å². The van der Waals surface area contributed by atoms with Crippen molar-refractivity contribution in [2.45, 2.75) is 45.2 Å². The molecule has 0 spiro atoms. The molecule has 1 heterocycles. The maximum atomic E-state index is 5.72. The van der Waals surface area contributed by atoms with Crippen LogP contribution in [0.15, 0.2) is 12.4 Å². The van der Waals surface area contributed by atoms with Gasteiger partial charge in [-0.05, 0) is 18.8 Å². The number of nitrogens with zero attached hydrogens (tertiary/aromatic N) is 3. The average Bonchev–Trinajstić information content (AvgIpc) is 2.38. The van der Waals surface area contributed by atoms with Crippen LogP contribution in [0.3, 0.4) is 0 Å². The highest BCUT2D eigenvalue weighted by Crippen LogP contribution is 2.29. The number of nitrogens with two attached hydrogens (primary N) is 1. The number of rotatable bonds is 3. The molecule has 0 amide bonds. The Balaban J connectivity index is 2.15. The third-order valence-corrected chi connectivity index (χ3v) is 3.74. The Hall–Kier alpha value is -1.16. The molecule has 4 nitrogen and oxygen atoms in total. The summed E-state index contributed by atoms with van der Waals surface area (Å²) in [6, 6.07) is 0.584. The summed E-state index contributed by atoms with van der Waals surface area (Å²) in [6.45, 7) is 2.79. The number of anilines is 1. The van der Waals surface area contributed by atoms with Crippen molar-refractivity contribution in [3.8, 4) is 0 Å². The van der Waals surface area contributed by atoms with Gasteiger partial charge in [0.15, 0.2) is 5.82 Å². The van der Waals surface area contributed by atoms with Crippen molar-refractivity contribution in [3.05, 3.63) is 18.1 Å². The number of hydrogen-bond donors (Lipinski definition) is 1. The summed E-state index contributed by atoms with van der Waals surface area (Å²) in [6.07, 6.45) is 8.63. The molecule has 0 aromatic carbocycles. The van der Waals surface area contributed by atoms with Gasteiger partial charge in [-0.3, -0.25) is 4.98 Å². The molecule has 2 atom stereocenters. The molecular formula is C13H22N4. The van der Waals surface area contributed by atoms with Crippen molar-refractivity contribution in [2.75, 3.05) is 11.9 Å². The summed E-state index contributed by atoms with van der Waals surface area (Å²) in [5, 5.41) is 0. The highest BCUT2D eigenvalue weighted by molar-refractivity contribution is 5.43. The third kappa shape index (κ3) is 2.75. The predicted molar refractivity (Wildman–Crippen MR) is 69.7 cm³/mol. The van der Waals surface area contributed by atoms with Crippen LogP contribution in [0.4, 0.5) is 5.82 Å². The summed E-state index contributed by atoms with van der Waals surface area (Å²) in [4.78, 5) is 11.0. The van der Waals surface area contributed by atoms with Crippen LogP contribution in [0.5, 0.6) is 0 Å². The summed E-state index contributed by atoms with van der Waals surface area (Å²) in [7, 11) is 2.12. The topological polar surface area (TPSA) is 55.0 Å². The third-order valence-electron chi connectivity index (χ3n) is 3.74. The van der Waals surface area contributed by atoms with Crippen LogP contribution in [0.2, 0.25) is 0 Å². The van der Waals surface area contributed by atoms with Crippen molar-refractivity contribution < 1.29 is 0 Å². The Kier molecular flexibility index (Phi) is 3.94. The van der Waals surface area contributed by atoms with Gasteiger partial charge in [0.2, 0.25) is 0 Å². The molecular weight excluding hydrogens is 212 g/mol. The van der Waals surface area contributed by atoms with E-state index >= 15 is 0 Å². The first-order chi connectivity index (χ1) is 8.22. The zero-order chi connectivity index (χ0) is 12.3. The van der Waals surface area contributed by atoms with Gasteiger partial charge in [-0.1, -0.05) is 19.8 Å². The van der Waals surface area contributed by atoms with Crippen LogP contribution in [-0.2, 0) is 6.54 Å². The van der Waals surface area contributed by atoms with Crippen LogP contribution in [0.1, 0.15) is 38.3 Å². The lowest BCUT2D eigenvalue weighted by Gasteiger charge is -2.35. The second-order valence-corrected chi connectivity index (χ2v) is 5.07. The monoisotopic (exact) mass is 234 g/mol. The first-order valence-electron chi connectivity index (χ1n) is 6.45. The summed E-state index contributed by atoms with van der Waals surface area (Å²) >= 11 is 0. The fourth-order valence-electron chi connectivity index (χ4n) is 2.72. The zero-order valence-corrected chi connectivity index (χ0v) is 10.8. The smallest absolute Gasteiger partial charge is 0.151 e. The Bertz CT molecular complexity index is 366. The van der Waals surface area contributed by atoms with Crippen molar-refractivity contribution >= 4 is 5.82 Å². The van der Waals surface area contributed by atoms with Gasteiger partial charge in [0.25, 0.3) is 0 Å². The van der Waals surface area contributed by atoms with Crippen molar-refractivity contribution in [3.63, 3.8) is 0 Å². The largest absolute Gasteiger partial charge is 0.355 e. The van der Waals surface area contributed by atoms with Crippen molar-refractivity contribution in [2.24, 2.45) is 11.7 Å². The van der Waals surface area contributed by atoms with E-state index in [9.17, 15) is 0 Å². The van der Waals surface area contributed by atoms with Crippen LogP contribution >= 0.6 is 0 Å². The van der Waals surface area contributed by atoms with Crippen molar-refractivity contribution in [1.82, 2.24) is 9.97 Å². The molecule has 1 aromatic heterocycles. The van der Waals surface area contributed by atoms with Gasteiger partial charge < -0.3 is 10.6 Å². The fraction of sp³-hybridized carbons (Fsp3) is 0.692. The Morgan fingerprint density at radius 2 is 2.12 bits per heavy atom. The van der Waals surface area contributed by atoms with E-state index in [1.807, 2.05) is 0 Å². The summed E-state index contributed by atoms with van der Waals surface area (Å²) in [5.74, 6) is 1.77. The van der Waals surface area contributed by atoms with Gasteiger partial charge in [0, 0.05) is 32.0 Å². The van der Waals surface area contributed by atoms with E-state index in [0.717, 1.165) is 17.4 Å². The highest BCUT2D eigenvalue weighted by atomic mass is 15.2. The molecule has 4 heteroatoms. The van der Waals surface area contributed by atoms with E-state index in [-0.39, 0.29) is 0 Å². The van der Waals surface area contributed by atoms with Crippen molar-refractivity contribution in [1.29, 1.82) is 0 Å². The summed E-state index contributed by atoms with van der Waals surface area (Å²) in [5.41, 5.74) is 6.61. The lowest BCUT2D eigenvalue weighted by Crippen LogP contribution is -2.37. The number of aromatic nitrogens is 2. The molecule has 0 bridgehead atoms. The Morgan fingerprint density at radius 1 is 1.35 bits per heavy atom. The standard InChI is InChI=1S/C13H22N4/c1-10-4-3-5-11(8-10)17(2)13-12(9-14)15-6-7-16-13/h6-7,10-11H,3-5,8-9,14H2,1-2H3. The molecule has 1 fully saturated rings. The first-order valence-corrected chi connectivity index (χ1v) is 6.45. The second-order valence-electron chi connectivity index (χ2n) is 5.07. The molecule has 0 aliphatic heterocycles. The molecule has 1 saturated carbocycles. The first kappa shape index (κ1) is 12.3. The van der Waals surface area contributed by atoms with Gasteiger partial charge in [-0.15, -0.1) is 0 Å². The minimum atomic E-state index is 0.454. The lowest BCUT2D eigenvalue weighted by molar-refractivity contribution is 0.335. The van der Waals surface area contributed by atoms with Gasteiger partial charge in [-0.2, -0.15) is 0 Å². The Labute approximate surface area is 103 Å². The van der Waals surface area contributed by atoms with Gasteiger partial charge >= 0.3 is 0 Å². The molecule has 94 valence electrons. The van der Waals surface area contributed by atoms with Gasteiger partial charge in [-0.25, -0.2) is 4.98 Å². The molecule has 2 unspecified atom stereocenters. The average molecular weight is 234 g/mol. The maximum Gasteiger partial charge on any atom is 0.151 e. The Morgan fingerprint density at radius 3 is 2.82 bits per heavy atom. The maximum absolute atomic E-state index is 5.72. The van der Waals surface area contributed by atoms with Gasteiger partial charge in [0.1, 0.15) is 0 Å². The summed E-state index contributed by atoms with van der Waals surface area (Å²) < 4.78 is 0.